The Bertz CT molecular complexity index is 374. The monoisotopic (exact) mass is 294 g/mol. The minimum Gasteiger partial charge on any atom is -0.366 e. The Morgan fingerprint density at radius 2 is 1.89 bits per heavy atom. The van der Waals surface area contributed by atoms with Gasteiger partial charge in [-0.05, 0) is 27.2 Å². The fourth-order valence-electron chi connectivity index (χ4n) is 1.37. The molecule has 0 aliphatic carbocycles. The second-order valence-corrected chi connectivity index (χ2v) is 7.34. The zero-order valence-corrected chi connectivity index (χ0v) is 13.3. The number of ether oxygens (including phenoxy) is 1. The van der Waals surface area contributed by atoms with Crippen LogP contribution in [0.2, 0.25) is 0 Å². The number of carbonyl (C=O) groups excluding carboxylic acids is 1. The van der Waals surface area contributed by atoms with Crippen LogP contribution in [0.15, 0.2) is 0 Å². The van der Waals surface area contributed by atoms with Crippen molar-refractivity contribution in [2.75, 3.05) is 32.5 Å². The maximum absolute atomic E-state index is 11.4. The number of sulfonamides is 1. The van der Waals surface area contributed by atoms with Crippen LogP contribution in [-0.2, 0) is 19.6 Å². The quantitative estimate of drug-likeness (QED) is 0.665. The Morgan fingerprint density at radius 3 is 2.32 bits per heavy atom. The fraction of sp³-hybridized carbons (Fsp3) is 0.917. The molecule has 0 saturated heterocycles. The van der Waals surface area contributed by atoms with Crippen LogP contribution in [0.5, 0.6) is 0 Å². The fourth-order valence-corrected chi connectivity index (χ4v) is 2.30. The third kappa shape index (κ3) is 9.86. The van der Waals surface area contributed by atoms with Crippen molar-refractivity contribution in [2.24, 2.45) is 0 Å². The Hall–Kier alpha value is -0.660. The highest BCUT2D eigenvalue weighted by Gasteiger charge is 2.14. The standard InChI is InChI=1S/C12H26N2O4S/c1-6-14(19(5,16)17)9-7-8-13-11(15)10-18-12(2,3)4/h6-10H2,1-5H3,(H,13,15). The Labute approximate surface area is 116 Å². The molecule has 0 aromatic carbocycles. The number of carbonyl (C=O) groups is 1. The second-order valence-electron chi connectivity index (χ2n) is 5.36. The molecule has 0 aromatic heterocycles. The van der Waals surface area contributed by atoms with Crippen LogP contribution in [0.3, 0.4) is 0 Å². The SMILES string of the molecule is CCN(CCCNC(=O)COC(C)(C)C)S(C)(=O)=O. The van der Waals surface area contributed by atoms with Gasteiger partial charge in [0.1, 0.15) is 6.61 Å². The lowest BCUT2D eigenvalue weighted by Crippen LogP contribution is -2.35. The number of nitrogens with one attached hydrogen (secondary N) is 1. The first-order valence-corrected chi connectivity index (χ1v) is 8.27. The van der Waals surface area contributed by atoms with Crippen molar-refractivity contribution in [3.8, 4) is 0 Å². The van der Waals surface area contributed by atoms with E-state index >= 15 is 0 Å². The van der Waals surface area contributed by atoms with Crippen LogP contribution in [0.4, 0.5) is 0 Å². The van der Waals surface area contributed by atoms with E-state index in [-0.39, 0.29) is 18.1 Å². The van der Waals surface area contributed by atoms with Gasteiger partial charge in [-0.15, -0.1) is 0 Å². The van der Waals surface area contributed by atoms with E-state index in [1.54, 1.807) is 6.92 Å². The molecule has 0 aliphatic rings. The lowest BCUT2D eigenvalue weighted by atomic mass is 10.2. The number of hydrogen-bond acceptors (Lipinski definition) is 4. The Kier molecular flexibility index (Phi) is 7.54. The largest absolute Gasteiger partial charge is 0.366 e. The van der Waals surface area contributed by atoms with E-state index in [1.165, 1.54) is 10.6 Å². The van der Waals surface area contributed by atoms with Crippen LogP contribution in [-0.4, -0.2) is 56.7 Å². The van der Waals surface area contributed by atoms with Crippen LogP contribution < -0.4 is 5.32 Å². The molecule has 19 heavy (non-hydrogen) atoms. The molecule has 114 valence electrons. The van der Waals surface area contributed by atoms with Gasteiger partial charge in [0.2, 0.25) is 15.9 Å². The normalized spacial score (nSPS) is 12.7. The molecule has 1 N–H and O–H groups in total. The van der Waals surface area contributed by atoms with Crippen LogP contribution in [0.25, 0.3) is 0 Å². The first-order valence-electron chi connectivity index (χ1n) is 6.42. The van der Waals surface area contributed by atoms with E-state index in [2.05, 4.69) is 5.32 Å². The lowest BCUT2D eigenvalue weighted by molar-refractivity contribution is -0.130. The molecule has 0 unspecified atom stereocenters. The minimum atomic E-state index is -3.15. The second kappa shape index (κ2) is 7.81. The molecule has 0 spiro atoms. The van der Waals surface area contributed by atoms with Gasteiger partial charge in [-0.2, -0.15) is 0 Å². The van der Waals surface area contributed by atoms with E-state index in [9.17, 15) is 13.2 Å². The molecule has 0 radical (unpaired) electrons. The highest BCUT2D eigenvalue weighted by Crippen LogP contribution is 2.05. The summed E-state index contributed by atoms with van der Waals surface area (Å²) in [4.78, 5) is 11.4. The molecule has 0 fully saturated rings. The van der Waals surface area contributed by atoms with Crippen molar-refractivity contribution in [3.05, 3.63) is 0 Å². The molecule has 0 bridgehead atoms. The average molecular weight is 294 g/mol. The maximum atomic E-state index is 11.4. The smallest absolute Gasteiger partial charge is 0.246 e. The van der Waals surface area contributed by atoms with Crippen LogP contribution >= 0.6 is 0 Å². The highest BCUT2D eigenvalue weighted by atomic mass is 32.2. The molecule has 7 heteroatoms. The summed E-state index contributed by atoms with van der Waals surface area (Å²) in [6.07, 6.45) is 1.77. The molecule has 0 aromatic rings. The first kappa shape index (κ1) is 18.3. The van der Waals surface area contributed by atoms with Crippen molar-refractivity contribution < 1.29 is 17.9 Å². The summed E-state index contributed by atoms with van der Waals surface area (Å²) in [5, 5.41) is 2.70. The zero-order valence-electron chi connectivity index (χ0n) is 12.5. The van der Waals surface area contributed by atoms with E-state index < -0.39 is 10.0 Å². The van der Waals surface area contributed by atoms with Gasteiger partial charge in [0.15, 0.2) is 0 Å². The van der Waals surface area contributed by atoms with Gasteiger partial charge < -0.3 is 10.1 Å². The third-order valence-electron chi connectivity index (χ3n) is 2.36. The summed E-state index contributed by atoms with van der Waals surface area (Å²) >= 11 is 0. The molecule has 0 heterocycles. The van der Waals surface area contributed by atoms with Gasteiger partial charge in [-0.3, -0.25) is 4.79 Å². The van der Waals surface area contributed by atoms with Gasteiger partial charge in [0, 0.05) is 19.6 Å². The predicted molar refractivity (Wildman–Crippen MR) is 75.4 cm³/mol. The van der Waals surface area contributed by atoms with E-state index in [0.717, 1.165) is 0 Å². The summed E-state index contributed by atoms with van der Waals surface area (Å²) in [5.74, 6) is -0.183. The predicted octanol–water partition coefficient (Wildman–Crippen LogP) is 0.589. The van der Waals surface area contributed by atoms with Gasteiger partial charge >= 0.3 is 0 Å². The summed E-state index contributed by atoms with van der Waals surface area (Å²) in [5.41, 5.74) is -0.341. The van der Waals surface area contributed by atoms with Gasteiger partial charge in [-0.1, -0.05) is 6.92 Å². The molecule has 0 rings (SSSR count). The minimum absolute atomic E-state index is 0.0209. The van der Waals surface area contributed by atoms with E-state index in [0.29, 0.717) is 26.1 Å². The van der Waals surface area contributed by atoms with Crippen molar-refractivity contribution in [3.63, 3.8) is 0 Å². The summed E-state index contributed by atoms with van der Waals surface area (Å²) in [6, 6.07) is 0. The van der Waals surface area contributed by atoms with Crippen molar-refractivity contribution in [1.82, 2.24) is 9.62 Å². The third-order valence-corrected chi connectivity index (χ3v) is 3.74. The molecular weight excluding hydrogens is 268 g/mol. The van der Waals surface area contributed by atoms with Crippen molar-refractivity contribution in [1.29, 1.82) is 0 Å². The van der Waals surface area contributed by atoms with Crippen LogP contribution in [0, 0.1) is 0 Å². The lowest BCUT2D eigenvalue weighted by Gasteiger charge is -2.19. The number of amides is 1. The van der Waals surface area contributed by atoms with E-state index in [4.69, 9.17) is 4.74 Å². The number of nitrogens with zero attached hydrogens (tertiary/aromatic N) is 1. The van der Waals surface area contributed by atoms with Gasteiger partial charge in [0.05, 0.1) is 11.9 Å². The Morgan fingerprint density at radius 1 is 1.32 bits per heavy atom. The van der Waals surface area contributed by atoms with Gasteiger partial charge in [0.25, 0.3) is 0 Å². The van der Waals surface area contributed by atoms with Crippen molar-refractivity contribution in [2.45, 2.75) is 39.7 Å². The molecular formula is C12H26N2O4S. The highest BCUT2D eigenvalue weighted by molar-refractivity contribution is 7.88. The van der Waals surface area contributed by atoms with E-state index in [1.807, 2.05) is 20.8 Å². The number of hydrogen-bond donors (Lipinski definition) is 1. The zero-order chi connectivity index (χ0) is 15.1. The van der Waals surface area contributed by atoms with Crippen LogP contribution in [0.1, 0.15) is 34.1 Å². The average Bonchev–Trinajstić information content (AvgIpc) is 2.23. The molecule has 0 saturated carbocycles. The first-order chi connectivity index (χ1) is 8.56. The topological polar surface area (TPSA) is 75.7 Å². The summed E-state index contributed by atoms with van der Waals surface area (Å²) in [7, 11) is -3.15. The molecule has 6 nitrogen and oxygen atoms in total. The molecule has 1 amide bonds. The van der Waals surface area contributed by atoms with Crippen molar-refractivity contribution >= 4 is 15.9 Å². The molecule has 0 aliphatic heterocycles. The molecule has 0 atom stereocenters. The summed E-state index contributed by atoms with van der Waals surface area (Å²) in [6.45, 7) is 8.75. The number of rotatable bonds is 8. The maximum Gasteiger partial charge on any atom is 0.246 e. The van der Waals surface area contributed by atoms with Gasteiger partial charge in [-0.25, -0.2) is 12.7 Å². The Balaban J connectivity index is 3.83. The summed E-state index contributed by atoms with van der Waals surface area (Å²) < 4.78 is 29.4.